The van der Waals surface area contributed by atoms with Crippen molar-refractivity contribution in [3.63, 3.8) is 0 Å². The van der Waals surface area contributed by atoms with Crippen molar-refractivity contribution in [3.8, 4) is 0 Å². The Kier molecular flexibility index (Phi) is 71.6. The van der Waals surface area contributed by atoms with E-state index in [9.17, 15) is 19.5 Å². The van der Waals surface area contributed by atoms with Gasteiger partial charge < -0.3 is 28.5 Å². The number of hydrogen-bond donors (Lipinski definition) is 1. The lowest BCUT2D eigenvalue weighted by Gasteiger charge is -2.25. The molecule has 0 aromatic heterocycles. The zero-order chi connectivity index (χ0) is 69.0. The average Bonchev–Trinajstić information content (AvgIpc) is 3.54. The molecule has 2 unspecified atom stereocenters. The van der Waals surface area contributed by atoms with Gasteiger partial charge >= 0.3 is 17.9 Å². The summed E-state index contributed by atoms with van der Waals surface area (Å²) in [6, 6.07) is 0. The first-order chi connectivity index (χ1) is 46.6. The molecule has 0 rings (SSSR count). The van der Waals surface area contributed by atoms with Gasteiger partial charge in [0, 0.05) is 12.8 Å². The van der Waals surface area contributed by atoms with Crippen LogP contribution in [0.4, 0.5) is 0 Å². The molecule has 0 amide bonds. The van der Waals surface area contributed by atoms with Crippen LogP contribution in [0, 0.1) is 0 Å². The van der Waals surface area contributed by atoms with E-state index in [0.29, 0.717) is 23.9 Å². The average molecular weight is 1320 g/mol. The van der Waals surface area contributed by atoms with E-state index in [0.717, 1.165) is 116 Å². The first-order valence-electron chi connectivity index (χ1n) is 39.3. The van der Waals surface area contributed by atoms with Crippen LogP contribution in [0.2, 0.25) is 0 Å². The van der Waals surface area contributed by atoms with E-state index in [2.05, 4.69) is 148 Å². The van der Waals surface area contributed by atoms with Gasteiger partial charge in [-0.3, -0.25) is 9.59 Å². The Morgan fingerprint density at radius 1 is 0.326 bits per heavy atom. The van der Waals surface area contributed by atoms with Crippen molar-refractivity contribution >= 4 is 17.9 Å². The Bertz CT molecular complexity index is 2030. The predicted molar refractivity (Wildman–Crippen MR) is 410 cm³/mol. The molecule has 0 aliphatic carbocycles. The smallest absolute Gasteiger partial charge is 0.361 e. The maximum Gasteiger partial charge on any atom is 0.361 e. The standard InChI is InChI=1S/C86H147NO8/c1-6-8-10-12-14-16-18-20-22-24-26-28-30-32-34-36-37-38-39-40-41-42-43-44-45-46-47-49-51-53-55-57-59-61-63-65-67-69-71-73-75-77-84(89)95-82(81-94-86(85(90)91)92-79-78-87(3,4)5)80-93-83(88)76-74-72-70-68-66-64-62-60-58-56-54-52-50-48-35-33-31-29-27-25-23-21-19-17-15-13-11-9-7-2/h8,10,14,16,20,22,26,28,32,34,37-38,40-41,43-44,46-47,51,53,57,59,82,86H,6-7,9,11-13,15,17-19,21,23-25,27,29-31,33,35-36,39,42,45,48-50,52,54-56,58,60-81H2,1-5H3/p+1/b10-8-,16-14-,22-20-,28-26-,34-32-,38-37-,41-40-,44-43-,47-46-,53-51-,59-57-. The highest BCUT2D eigenvalue weighted by atomic mass is 16.7. The van der Waals surface area contributed by atoms with Crippen molar-refractivity contribution in [1.29, 1.82) is 0 Å². The van der Waals surface area contributed by atoms with Crippen molar-refractivity contribution < 1.29 is 42.9 Å². The van der Waals surface area contributed by atoms with E-state index in [1.54, 1.807) is 0 Å². The summed E-state index contributed by atoms with van der Waals surface area (Å²) in [7, 11) is 5.98. The summed E-state index contributed by atoms with van der Waals surface area (Å²) in [5, 5.41) is 9.77. The quantitative estimate of drug-likeness (QED) is 0.0211. The fourth-order valence-electron chi connectivity index (χ4n) is 11.0. The number of likely N-dealkylation sites (N-methyl/N-ethyl adjacent to an activating group) is 1. The normalized spacial score (nSPS) is 13.4. The molecular weight excluding hydrogens is 1170 g/mol. The van der Waals surface area contributed by atoms with Gasteiger partial charge in [0.05, 0.1) is 34.4 Å². The van der Waals surface area contributed by atoms with Gasteiger partial charge in [0.2, 0.25) is 0 Å². The molecule has 0 spiro atoms. The molecule has 0 bridgehead atoms. The number of aliphatic carboxylic acids is 1. The van der Waals surface area contributed by atoms with Crippen LogP contribution in [-0.2, 0) is 33.3 Å². The van der Waals surface area contributed by atoms with Crippen LogP contribution < -0.4 is 0 Å². The molecule has 0 fully saturated rings. The van der Waals surface area contributed by atoms with E-state index in [-0.39, 0.29) is 32.2 Å². The summed E-state index contributed by atoms with van der Waals surface area (Å²) in [5.41, 5.74) is 0. The Morgan fingerprint density at radius 3 is 0.895 bits per heavy atom. The van der Waals surface area contributed by atoms with Crippen molar-refractivity contribution in [2.45, 2.75) is 347 Å². The van der Waals surface area contributed by atoms with Crippen LogP contribution in [0.3, 0.4) is 0 Å². The van der Waals surface area contributed by atoms with Gasteiger partial charge in [-0.2, -0.15) is 0 Å². The molecule has 544 valence electrons. The number of unbranched alkanes of at least 4 members (excludes halogenated alkanes) is 35. The molecule has 0 saturated heterocycles. The van der Waals surface area contributed by atoms with Crippen LogP contribution in [0.25, 0.3) is 0 Å². The number of hydrogen-bond acceptors (Lipinski definition) is 7. The highest BCUT2D eigenvalue weighted by Gasteiger charge is 2.25. The third-order valence-electron chi connectivity index (χ3n) is 16.9. The summed E-state index contributed by atoms with van der Waals surface area (Å²) < 4.78 is 23.0. The lowest BCUT2D eigenvalue weighted by molar-refractivity contribution is -0.870. The number of carbonyl (C=O) groups is 3. The topological polar surface area (TPSA) is 108 Å². The number of ether oxygens (including phenoxy) is 4. The Morgan fingerprint density at radius 2 is 0.600 bits per heavy atom. The maximum atomic E-state index is 13.0. The highest BCUT2D eigenvalue weighted by molar-refractivity contribution is 5.71. The zero-order valence-electron chi connectivity index (χ0n) is 62.3. The van der Waals surface area contributed by atoms with Gasteiger partial charge in [-0.1, -0.05) is 359 Å². The van der Waals surface area contributed by atoms with Gasteiger partial charge in [0.1, 0.15) is 13.2 Å². The molecule has 0 aliphatic rings. The second kappa shape index (κ2) is 75.2. The zero-order valence-corrected chi connectivity index (χ0v) is 62.3. The predicted octanol–water partition coefficient (Wildman–Crippen LogP) is 25.3. The molecular formula is C86H148NO8+. The second-order valence-electron chi connectivity index (χ2n) is 27.3. The molecule has 2 atom stereocenters. The van der Waals surface area contributed by atoms with Crippen LogP contribution in [0.15, 0.2) is 134 Å². The van der Waals surface area contributed by atoms with Crippen molar-refractivity contribution in [3.05, 3.63) is 134 Å². The number of carboxylic acids is 1. The molecule has 0 aromatic carbocycles. The molecule has 0 aliphatic heterocycles. The van der Waals surface area contributed by atoms with Gasteiger partial charge in [-0.15, -0.1) is 0 Å². The first-order valence-corrected chi connectivity index (χ1v) is 39.3. The number of quaternary nitrogens is 1. The number of carbonyl (C=O) groups excluding carboxylic acids is 2. The summed E-state index contributed by atoms with van der Waals surface area (Å²) >= 11 is 0. The number of carboxylic acid groups (broad SMARTS) is 1. The van der Waals surface area contributed by atoms with Crippen LogP contribution in [0.5, 0.6) is 0 Å². The Balaban J connectivity index is 4.12. The Labute approximate surface area is 586 Å². The van der Waals surface area contributed by atoms with E-state index in [1.807, 2.05) is 21.1 Å². The summed E-state index contributed by atoms with van der Waals surface area (Å²) in [5.74, 6) is -2.01. The molecule has 0 saturated carbocycles. The molecule has 0 heterocycles. The van der Waals surface area contributed by atoms with Gasteiger partial charge in [0.25, 0.3) is 6.29 Å². The lowest BCUT2D eigenvalue weighted by Crippen LogP contribution is -2.40. The van der Waals surface area contributed by atoms with E-state index >= 15 is 0 Å². The third-order valence-corrected chi connectivity index (χ3v) is 16.9. The maximum absolute atomic E-state index is 13.0. The van der Waals surface area contributed by atoms with Crippen molar-refractivity contribution in [2.24, 2.45) is 0 Å². The molecule has 95 heavy (non-hydrogen) atoms. The third kappa shape index (κ3) is 76.7. The largest absolute Gasteiger partial charge is 0.477 e. The Hall–Kier alpha value is -4.57. The number of allylic oxidation sites excluding steroid dienone is 22. The van der Waals surface area contributed by atoms with Gasteiger partial charge in [0.15, 0.2) is 6.10 Å². The second-order valence-corrected chi connectivity index (χ2v) is 27.3. The van der Waals surface area contributed by atoms with Crippen LogP contribution in [-0.4, -0.2) is 87.4 Å². The number of nitrogens with zero attached hydrogens (tertiary/aromatic N) is 1. The van der Waals surface area contributed by atoms with E-state index < -0.39 is 24.3 Å². The minimum atomic E-state index is -1.52. The SMILES string of the molecule is CC/C=C\C/C=C\C/C=C\C/C=C\C/C=C\C/C=C\C/C=C\C/C=C\C/C=C\C/C=C\C/C=C\CCCCCCCCCC(=O)OC(COC(=O)CCCCCCCCCCCCCCCCCCCCCCCCCCCCCCC)COC(OCC[N+](C)(C)C)C(=O)O. The van der Waals surface area contributed by atoms with Gasteiger partial charge in [-0.05, 0) is 96.3 Å². The number of esters is 2. The molecule has 0 radical (unpaired) electrons. The fourth-order valence-corrected chi connectivity index (χ4v) is 11.0. The molecule has 1 N–H and O–H groups in total. The van der Waals surface area contributed by atoms with E-state index in [4.69, 9.17) is 18.9 Å². The molecule has 0 aromatic rings. The minimum absolute atomic E-state index is 0.181. The lowest BCUT2D eigenvalue weighted by atomic mass is 10.0. The van der Waals surface area contributed by atoms with Crippen LogP contribution >= 0.6 is 0 Å². The van der Waals surface area contributed by atoms with E-state index in [1.165, 1.54) is 186 Å². The first kappa shape index (κ1) is 90.4. The van der Waals surface area contributed by atoms with Gasteiger partial charge in [-0.25, -0.2) is 4.79 Å². The molecule has 9 nitrogen and oxygen atoms in total. The monoisotopic (exact) mass is 1320 g/mol. The molecule has 9 heteroatoms. The summed E-state index contributed by atoms with van der Waals surface area (Å²) in [4.78, 5) is 37.7. The fraction of sp³-hybridized carbons (Fsp3) is 0.709. The minimum Gasteiger partial charge on any atom is -0.477 e. The van der Waals surface area contributed by atoms with Crippen molar-refractivity contribution in [1.82, 2.24) is 0 Å². The van der Waals surface area contributed by atoms with Crippen molar-refractivity contribution in [2.75, 3.05) is 47.5 Å². The summed E-state index contributed by atoms with van der Waals surface area (Å²) in [6.45, 7) is 4.78. The number of rotatable bonds is 72. The summed E-state index contributed by atoms with van der Waals surface area (Å²) in [6.07, 6.45) is 106. The highest BCUT2D eigenvalue weighted by Crippen LogP contribution is 2.18. The van der Waals surface area contributed by atoms with Crippen LogP contribution in [0.1, 0.15) is 335 Å².